The Bertz CT molecular complexity index is 617. The lowest BCUT2D eigenvalue weighted by Crippen LogP contribution is -2.43. The SMILES string of the molecule is C=CCC(=O)N(CC1CCN(Cc2ccccc2C)CC1)CC1CCCO1. The third kappa shape index (κ3) is 5.91. The van der Waals surface area contributed by atoms with E-state index in [1.807, 2.05) is 4.90 Å². The highest BCUT2D eigenvalue weighted by Gasteiger charge is 2.26. The molecule has 1 amide bonds. The van der Waals surface area contributed by atoms with Crippen molar-refractivity contribution in [2.75, 3.05) is 32.8 Å². The zero-order valence-electron chi connectivity index (χ0n) is 16.7. The Balaban J connectivity index is 1.49. The van der Waals surface area contributed by atoms with Crippen LogP contribution in [0.4, 0.5) is 0 Å². The summed E-state index contributed by atoms with van der Waals surface area (Å²) in [5.74, 6) is 0.788. The van der Waals surface area contributed by atoms with Crippen LogP contribution in [0, 0.1) is 12.8 Å². The molecule has 0 bridgehead atoms. The number of piperidine rings is 1. The molecule has 4 heteroatoms. The van der Waals surface area contributed by atoms with Gasteiger partial charge < -0.3 is 9.64 Å². The number of likely N-dealkylation sites (tertiary alicyclic amines) is 1. The number of aryl methyl sites for hydroxylation is 1. The number of rotatable bonds is 8. The second kappa shape index (κ2) is 10.0. The molecule has 2 aliphatic heterocycles. The Kier molecular flexibility index (Phi) is 7.48. The van der Waals surface area contributed by atoms with Crippen LogP contribution in [0.15, 0.2) is 36.9 Å². The molecule has 0 spiro atoms. The lowest BCUT2D eigenvalue weighted by atomic mass is 9.95. The van der Waals surface area contributed by atoms with E-state index in [9.17, 15) is 4.79 Å². The van der Waals surface area contributed by atoms with Gasteiger partial charge in [-0.3, -0.25) is 9.69 Å². The van der Waals surface area contributed by atoms with Gasteiger partial charge in [-0.2, -0.15) is 0 Å². The largest absolute Gasteiger partial charge is 0.376 e. The Morgan fingerprint density at radius 3 is 2.70 bits per heavy atom. The molecule has 1 unspecified atom stereocenters. The number of benzene rings is 1. The normalized spacial score (nSPS) is 21.3. The fraction of sp³-hybridized carbons (Fsp3) is 0.609. The summed E-state index contributed by atoms with van der Waals surface area (Å²) in [6.45, 7) is 11.6. The first-order valence-corrected chi connectivity index (χ1v) is 10.4. The van der Waals surface area contributed by atoms with Gasteiger partial charge in [-0.05, 0) is 62.7 Å². The van der Waals surface area contributed by atoms with Crippen molar-refractivity contribution in [1.29, 1.82) is 0 Å². The monoisotopic (exact) mass is 370 g/mol. The number of nitrogens with zero attached hydrogens (tertiary/aromatic N) is 2. The number of hydrogen-bond acceptors (Lipinski definition) is 3. The zero-order valence-corrected chi connectivity index (χ0v) is 16.7. The van der Waals surface area contributed by atoms with E-state index in [0.29, 0.717) is 12.3 Å². The summed E-state index contributed by atoms with van der Waals surface area (Å²) in [5.41, 5.74) is 2.80. The first-order valence-electron chi connectivity index (χ1n) is 10.4. The molecule has 0 radical (unpaired) electrons. The van der Waals surface area contributed by atoms with E-state index in [4.69, 9.17) is 4.74 Å². The van der Waals surface area contributed by atoms with E-state index in [2.05, 4.69) is 42.7 Å². The van der Waals surface area contributed by atoms with Crippen LogP contribution in [0.3, 0.4) is 0 Å². The Morgan fingerprint density at radius 2 is 2.04 bits per heavy atom. The minimum absolute atomic E-state index is 0.197. The maximum atomic E-state index is 12.5. The Hall–Kier alpha value is -1.65. The van der Waals surface area contributed by atoms with E-state index in [0.717, 1.165) is 65.0 Å². The van der Waals surface area contributed by atoms with Crippen molar-refractivity contribution in [2.24, 2.45) is 5.92 Å². The molecule has 3 rings (SSSR count). The van der Waals surface area contributed by atoms with Crippen molar-refractivity contribution in [3.63, 3.8) is 0 Å². The lowest BCUT2D eigenvalue weighted by molar-refractivity contribution is -0.132. The standard InChI is InChI=1S/C23H34N2O2/c1-3-7-23(26)25(18-22-10-6-15-27-22)16-20-11-13-24(14-12-20)17-21-9-5-4-8-19(21)2/h3-5,8-9,20,22H,1,6-7,10-18H2,2H3. The third-order valence-corrected chi connectivity index (χ3v) is 5.96. The summed E-state index contributed by atoms with van der Waals surface area (Å²) in [4.78, 5) is 17.1. The second-order valence-electron chi connectivity index (χ2n) is 8.07. The topological polar surface area (TPSA) is 32.8 Å². The molecule has 2 fully saturated rings. The highest BCUT2D eigenvalue weighted by Crippen LogP contribution is 2.23. The lowest BCUT2D eigenvalue weighted by Gasteiger charge is -2.35. The van der Waals surface area contributed by atoms with Gasteiger partial charge in [0.05, 0.1) is 6.10 Å². The highest BCUT2D eigenvalue weighted by atomic mass is 16.5. The molecule has 2 aliphatic rings. The average Bonchev–Trinajstić information content (AvgIpc) is 3.18. The van der Waals surface area contributed by atoms with Gasteiger partial charge in [0.1, 0.15) is 0 Å². The van der Waals surface area contributed by atoms with E-state index in [-0.39, 0.29) is 12.0 Å². The van der Waals surface area contributed by atoms with Crippen LogP contribution in [0.2, 0.25) is 0 Å². The van der Waals surface area contributed by atoms with Crippen LogP contribution < -0.4 is 0 Å². The molecule has 148 valence electrons. The molecule has 0 aromatic heterocycles. The van der Waals surface area contributed by atoms with Crippen molar-refractivity contribution < 1.29 is 9.53 Å². The average molecular weight is 371 g/mol. The van der Waals surface area contributed by atoms with Gasteiger partial charge in [0.15, 0.2) is 0 Å². The van der Waals surface area contributed by atoms with Gasteiger partial charge in [-0.25, -0.2) is 0 Å². The molecule has 0 saturated carbocycles. The molecular formula is C23H34N2O2. The zero-order chi connectivity index (χ0) is 19.1. The van der Waals surface area contributed by atoms with Crippen LogP contribution in [0.5, 0.6) is 0 Å². The van der Waals surface area contributed by atoms with E-state index in [1.165, 1.54) is 11.1 Å². The molecule has 4 nitrogen and oxygen atoms in total. The van der Waals surface area contributed by atoms with Crippen molar-refractivity contribution >= 4 is 5.91 Å². The van der Waals surface area contributed by atoms with Crippen molar-refractivity contribution in [1.82, 2.24) is 9.80 Å². The van der Waals surface area contributed by atoms with Gasteiger partial charge in [-0.15, -0.1) is 6.58 Å². The smallest absolute Gasteiger partial charge is 0.226 e. The predicted molar refractivity (Wildman–Crippen MR) is 110 cm³/mol. The number of ether oxygens (including phenoxy) is 1. The van der Waals surface area contributed by atoms with E-state index >= 15 is 0 Å². The molecule has 0 N–H and O–H groups in total. The van der Waals surface area contributed by atoms with E-state index in [1.54, 1.807) is 6.08 Å². The summed E-state index contributed by atoms with van der Waals surface area (Å²) >= 11 is 0. The van der Waals surface area contributed by atoms with Gasteiger partial charge in [0, 0.05) is 32.7 Å². The number of amides is 1. The summed E-state index contributed by atoms with van der Waals surface area (Å²) in [6, 6.07) is 8.66. The summed E-state index contributed by atoms with van der Waals surface area (Å²) in [7, 11) is 0. The quantitative estimate of drug-likeness (QED) is 0.653. The van der Waals surface area contributed by atoms with Crippen molar-refractivity contribution in [3.05, 3.63) is 48.0 Å². The first-order chi connectivity index (χ1) is 13.2. The van der Waals surface area contributed by atoms with Gasteiger partial charge in [-0.1, -0.05) is 30.3 Å². The molecule has 2 heterocycles. The van der Waals surface area contributed by atoms with Crippen molar-refractivity contribution in [2.45, 2.75) is 51.7 Å². The summed E-state index contributed by atoms with van der Waals surface area (Å²) in [5, 5.41) is 0. The molecule has 1 aromatic carbocycles. The highest BCUT2D eigenvalue weighted by molar-refractivity contribution is 5.77. The van der Waals surface area contributed by atoms with Crippen LogP contribution >= 0.6 is 0 Å². The Labute approximate surface area is 164 Å². The number of carbonyl (C=O) groups is 1. The Morgan fingerprint density at radius 1 is 1.26 bits per heavy atom. The van der Waals surface area contributed by atoms with E-state index < -0.39 is 0 Å². The van der Waals surface area contributed by atoms with Crippen molar-refractivity contribution in [3.8, 4) is 0 Å². The molecule has 1 atom stereocenters. The fourth-order valence-corrected chi connectivity index (χ4v) is 4.23. The van der Waals surface area contributed by atoms with Crippen LogP contribution in [-0.2, 0) is 16.1 Å². The predicted octanol–water partition coefficient (Wildman–Crippen LogP) is 3.79. The van der Waals surface area contributed by atoms with Gasteiger partial charge in [0.2, 0.25) is 5.91 Å². The first kappa shape index (κ1) is 20.1. The molecule has 1 aromatic rings. The summed E-state index contributed by atoms with van der Waals surface area (Å²) in [6.07, 6.45) is 6.89. The maximum Gasteiger partial charge on any atom is 0.226 e. The molecular weight excluding hydrogens is 336 g/mol. The minimum Gasteiger partial charge on any atom is -0.376 e. The second-order valence-corrected chi connectivity index (χ2v) is 8.07. The van der Waals surface area contributed by atoms with Crippen LogP contribution in [0.1, 0.15) is 43.2 Å². The molecule has 27 heavy (non-hydrogen) atoms. The third-order valence-electron chi connectivity index (χ3n) is 5.96. The minimum atomic E-state index is 0.197. The fourth-order valence-electron chi connectivity index (χ4n) is 4.23. The number of carbonyl (C=O) groups excluding carboxylic acids is 1. The van der Waals surface area contributed by atoms with Crippen LogP contribution in [0.25, 0.3) is 0 Å². The molecule has 0 aliphatic carbocycles. The van der Waals surface area contributed by atoms with Crippen LogP contribution in [-0.4, -0.2) is 54.6 Å². The summed E-state index contributed by atoms with van der Waals surface area (Å²) < 4.78 is 5.77. The van der Waals surface area contributed by atoms with Gasteiger partial charge in [0.25, 0.3) is 0 Å². The maximum absolute atomic E-state index is 12.5. The molecule has 2 saturated heterocycles. The van der Waals surface area contributed by atoms with Gasteiger partial charge >= 0.3 is 0 Å². The number of hydrogen-bond donors (Lipinski definition) is 0.